The molecule has 7 heteroatoms. The van der Waals surface area contributed by atoms with Crippen LogP contribution in [0, 0.1) is 5.41 Å². The number of para-hydroxylation sites is 1. The van der Waals surface area contributed by atoms with Crippen LogP contribution in [0.25, 0.3) is 0 Å². The lowest BCUT2D eigenvalue weighted by atomic mass is 9.68. The van der Waals surface area contributed by atoms with Gasteiger partial charge in [0.25, 0.3) is 0 Å². The summed E-state index contributed by atoms with van der Waals surface area (Å²) < 4.78 is 16.8. The maximum Gasteiger partial charge on any atom is 0.336 e. The molecule has 2 aliphatic rings. The minimum Gasteiger partial charge on any atom is -0.504 e. The number of rotatable bonds is 8. The lowest BCUT2D eigenvalue weighted by molar-refractivity contribution is -0.140. The Morgan fingerprint density at radius 2 is 1.83 bits per heavy atom. The van der Waals surface area contributed by atoms with Crippen LogP contribution in [0.2, 0.25) is 0 Å². The summed E-state index contributed by atoms with van der Waals surface area (Å²) >= 11 is 0. The topological polar surface area (TPSA) is 94.1 Å². The van der Waals surface area contributed by atoms with Gasteiger partial charge in [-0.1, -0.05) is 38.1 Å². The number of phenols is 1. The normalized spacial score (nSPS) is 18.9. The van der Waals surface area contributed by atoms with Crippen molar-refractivity contribution in [3.05, 3.63) is 76.6 Å². The standard InChI is InChI=1S/C29H33NO6/c1-5-34-24-15-19(11-12-22(24)31)26-25(28(33)36-14-13-35-20-9-7-6-8-10-20)18(2)30-21-16-29(3,4)17-23(32)27(21)26/h6-12,15,26,30-31H,5,13-14,16-17H2,1-4H3. The molecule has 0 saturated heterocycles. The SMILES string of the molecule is CCOc1cc(C2C(C(=O)OCCOc3ccccc3)=C(C)NC3=C2C(=O)CC(C)(C)C3)ccc1O. The Morgan fingerprint density at radius 3 is 2.56 bits per heavy atom. The average Bonchev–Trinajstić information content (AvgIpc) is 2.82. The third-order valence-electron chi connectivity index (χ3n) is 6.41. The Kier molecular flexibility index (Phi) is 7.38. The van der Waals surface area contributed by atoms with Gasteiger partial charge in [-0.25, -0.2) is 4.79 Å². The van der Waals surface area contributed by atoms with Crippen LogP contribution in [-0.2, 0) is 14.3 Å². The Morgan fingerprint density at radius 1 is 1.08 bits per heavy atom. The van der Waals surface area contributed by atoms with E-state index in [0.29, 0.717) is 53.4 Å². The molecule has 0 bridgehead atoms. The van der Waals surface area contributed by atoms with Crippen molar-refractivity contribution in [2.45, 2.75) is 46.5 Å². The van der Waals surface area contributed by atoms with Gasteiger partial charge in [0, 0.05) is 29.3 Å². The van der Waals surface area contributed by atoms with Crippen LogP contribution >= 0.6 is 0 Å². The number of benzene rings is 2. The molecule has 2 N–H and O–H groups in total. The number of carbonyl (C=O) groups excluding carboxylic acids is 2. The first-order valence-electron chi connectivity index (χ1n) is 12.2. The largest absolute Gasteiger partial charge is 0.504 e. The minimum absolute atomic E-state index is 0.00253. The van der Waals surface area contributed by atoms with Gasteiger partial charge in [-0.15, -0.1) is 0 Å². The van der Waals surface area contributed by atoms with Gasteiger partial charge < -0.3 is 24.6 Å². The van der Waals surface area contributed by atoms with Crippen molar-refractivity contribution >= 4 is 11.8 Å². The fourth-order valence-corrected chi connectivity index (χ4v) is 4.91. The lowest BCUT2D eigenvalue weighted by Crippen LogP contribution is -2.38. The van der Waals surface area contributed by atoms with Crippen LogP contribution < -0.4 is 14.8 Å². The van der Waals surface area contributed by atoms with E-state index in [2.05, 4.69) is 19.2 Å². The number of Topliss-reactive ketones (excluding diaryl/α,β-unsaturated/α-hetero) is 1. The second-order valence-corrected chi connectivity index (χ2v) is 9.89. The maximum absolute atomic E-state index is 13.4. The average molecular weight is 492 g/mol. The number of hydrogen-bond donors (Lipinski definition) is 2. The molecule has 1 aliphatic heterocycles. The van der Waals surface area contributed by atoms with Crippen molar-refractivity contribution in [2.24, 2.45) is 5.41 Å². The predicted molar refractivity (Wildman–Crippen MR) is 136 cm³/mol. The third kappa shape index (κ3) is 5.40. The molecule has 36 heavy (non-hydrogen) atoms. The molecule has 1 aliphatic carbocycles. The number of ketones is 1. The van der Waals surface area contributed by atoms with Gasteiger partial charge in [0.05, 0.1) is 12.2 Å². The quantitative estimate of drug-likeness (QED) is 0.396. The van der Waals surface area contributed by atoms with E-state index in [1.54, 1.807) is 12.1 Å². The molecule has 190 valence electrons. The van der Waals surface area contributed by atoms with E-state index in [0.717, 1.165) is 5.70 Å². The van der Waals surface area contributed by atoms with Gasteiger partial charge >= 0.3 is 5.97 Å². The second-order valence-electron chi connectivity index (χ2n) is 9.89. The molecular weight excluding hydrogens is 458 g/mol. The van der Waals surface area contributed by atoms with E-state index in [1.807, 2.05) is 44.2 Å². The van der Waals surface area contributed by atoms with Crippen molar-refractivity contribution < 1.29 is 28.9 Å². The first-order chi connectivity index (χ1) is 17.2. The van der Waals surface area contributed by atoms with Crippen molar-refractivity contribution in [1.82, 2.24) is 5.32 Å². The van der Waals surface area contributed by atoms with E-state index >= 15 is 0 Å². The molecule has 1 atom stereocenters. The minimum atomic E-state index is -0.632. The molecule has 0 fully saturated rings. The number of carbonyl (C=O) groups is 2. The molecule has 2 aromatic carbocycles. The zero-order chi connectivity index (χ0) is 25.9. The fourth-order valence-electron chi connectivity index (χ4n) is 4.91. The molecule has 0 amide bonds. The number of allylic oxidation sites excluding steroid dienone is 3. The monoisotopic (exact) mass is 491 g/mol. The van der Waals surface area contributed by atoms with Gasteiger partial charge in [0.2, 0.25) is 0 Å². The molecule has 0 aromatic heterocycles. The molecule has 1 unspecified atom stereocenters. The molecule has 0 saturated carbocycles. The van der Waals surface area contributed by atoms with Gasteiger partial charge in [0.1, 0.15) is 19.0 Å². The van der Waals surface area contributed by atoms with E-state index in [1.165, 1.54) is 6.07 Å². The van der Waals surface area contributed by atoms with E-state index in [9.17, 15) is 14.7 Å². The Hall–Kier alpha value is -3.74. The van der Waals surface area contributed by atoms with E-state index in [-0.39, 0.29) is 30.2 Å². The molecule has 4 rings (SSSR count). The number of dihydropyridines is 1. The Bertz CT molecular complexity index is 1210. The van der Waals surface area contributed by atoms with Crippen LogP contribution in [0.4, 0.5) is 0 Å². The Balaban J connectivity index is 1.65. The lowest BCUT2D eigenvalue weighted by Gasteiger charge is -2.39. The highest BCUT2D eigenvalue weighted by Gasteiger charge is 2.43. The highest BCUT2D eigenvalue weighted by atomic mass is 16.6. The molecule has 0 spiro atoms. The first kappa shape index (κ1) is 25.4. The predicted octanol–water partition coefficient (Wildman–Crippen LogP) is 5.02. The van der Waals surface area contributed by atoms with Crippen molar-refractivity contribution in [2.75, 3.05) is 19.8 Å². The molecule has 7 nitrogen and oxygen atoms in total. The first-order valence-corrected chi connectivity index (χ1v) is 12.2. The summed E-state index contributed by atoms with van der Waals surface area (Å²) in [6.45, 7) is 8.41. The summed E-state index contributed by atoms with van der Waals surface area (Å²) in [5, 5.41) is 13.6. The van der Waals surface area contributed by atoms with Crippen LogP contribution in [0.1, 0.15) is 52.0 Å². The molecule has 0 radical (unpaired) electrons. The number of ether oxygens (including phenoxy) is 3. The number of hydrogen-bond acceptors (Lipinski definition) is 7. The smallest absolute Gasteiger partial charge is 0.336 e. The van der Waals surface area contributed by atoms with Gasteiger partial charge in [-0.05, 0) is 55.5 Å². The van der Waals surface area contributed by atoms with Gasteiger partial charge in [-0.2, -0.15) is 0 Å². The van der Waals surface area contributed by atoms with Crippen LogP contribution in [0.3, 0.4) is 0 Å². The van der Waals surface area contributed by atoms with Crippen LogP contribution in [-0.4, -0.2) is 36.7 Å². The molecule has 1 heterocycles. The summed E-state index contributed by atoms with van der Waals surface area (Å²) in [6.07, 6.45) is 1.07. The fraction of sp³-hybridized carbons (Fsp3) is 0.379. The van der Waals surface area contributed by atoms with Crippen LogP contribution in [0.5, 0.6) is 17.2 Å². The highest BCUT2D eigenvalue weighted by molar-refractivity contribution is 6.04. The third-order valence-corrected chi connectivity index (χ3v) is 6.41. The number of phenolic OH excluding ortho intramolecular Hbond substituents is 1. The van der Waals surface area contributed by atoms with E-state index < -0.39 is 11.9 Å². The van der Waals surface area contributed by atoms with Crippen molar-refractivity contribution in [1.29, 1.82) is 0 Å². The van der Waals surface area contributed by atoms with Gasteiger partial charge in [0.15, 0.2) is 17.3 Å². The number of aromatic hydroxyl groups is 1. The van der Waals surface area contributed by atoms with Crippen molar-refractivity contribution in [3.63, 3.8) is 0 Å². The summed E-state index contributed by atoms with van der Waals surface area (Å²) in [7, 11) is 0. The van der Waals surface area contributed by atoms with E-state index in [4.69, 9.17) is 14.2 Å². The summed E-state index contributed by atoms with van der Waals surface area (Å²) in [6, 6.07) is 14.3. The van der Waals surface area contributed by atoms with Gasteiger partial charge in [-0.3, -0.25) is 4.79 Å². The maximum atomic E-state index is 13.4. The van der Waals surface area contributed by atoms with Crippen LogP contribution in [0.15, 0.2) is 71.1 Å². The number of esters is 1. The number of nitrogens with one attached hydrogen (secondary N) is 1. The molecular formula is C29H33NO6. The molecule has 2 aromatic rings. The zero-order valence-electron chi connectivity index (χ0n) is 21.2. The highest BCUT2D eigenvalue weighted by Crippen LogP contribution is 2.47. The summed E-state index contributed by atoms with van der Waals surface area (Å²) in [4.78, 5) is 26.8. The second kappa shape index (κ2) is 10.5. The zero-order valence-corrected chi connectivity index (χ0v) is 21.2. The summed E-state index contributed by atoms with van der Waals surface area (Å²) in [5.74, 6) is -0.151. The summed E-state index contributed by atoms with van der Waals surface area (Å²) in [5.41, 5.74) is 2.91. The van der Waals surface area contributed by atoms with Crippen molar-refractivity contribution in [3.8, 4) is 17.2 Å². The Labute approximate surface area is 211 Å².